The van der Waals surface area contributed by atoms with Crippen LogP contribution in [0.3, 0.4) is 0 Å². The second-order valence-electron chi connectivity index (χ2n) is 14.0. The van der Waals surface area contributed by atoms with Crippen molar-refractivity contribution < 1.29 is 72.1 Å². The molecule has 60 heavy (non-hydrogen) atoms. The summed E-state index contributed by atoms with van der Waals surface area (Å²) in [5.41, 5.74) is 5.34. The van der Waals surface area contributed by atoms with E-state index in [1.54, 1.807) is 0 Å². The Morgan fingerprint density at radius 2 is 0.700 bits per heavy atom. The standard InChI is InChI=1S/C51H38O7.H2O.Y/c52-32-58-46-28-24-38-12-4-8-16-42(38)51(46)49-40-14-6-2-10-36(40)22-26-44(49)56-30-34-19-17-33(18-20-34)29-55-43-25-21-35-9-1-5-13-39(35)48(43)50-41-15-7-3-11-37(41)23-27-45(50)57-31-47(53)54;;/h1-28,52H,29-32H2,(H,53,54);1H2;. The molecule has 0 amide bonds. The van der Waals surface area contributed by atoms with Gasteiger partial charge >= 0.3 is 5.97 Å². The van der Waals surface area contributed by atoms with Crippen molar-refractivity contribution in [1.29, 1.82) is 0 Å². The van der Waals surface area contributed by atoms with Crippen LogP contribution in [0.15, 0.2) is 170 Å². The summed E-state index contributed by atoms with van der Waals surface area (Å²) in [4.78, 5) is 11.6. The van der Waals surface area contributed by atoms with E-state index in [0.717, 1.165) is 76.5 Å². The topological polar surface area (TPSA) is 126 Å². The number of rotatable bonds is 13. The Hall–Kier alpha value is -6.29. The van der Waals surface area contributed by atoms with Gasteiger partial charge in [-0.1, -0.05) is 146 Å². The SMILES string of the molecule is O.O=C(O)COc1ccc2ccccc2c1-c1c(OCc2ccc(COc3ccc4ccccc4c3-c3c(OCO)ccc4ccccc34)cc2)ccc2ccccc12.[Y]. The van der Waals surface area contributed by atoms with Crippen molar-refractivity contribution in [3.63, 3.8) is 0 Å². The number of ether oxygens (including phenoxy) is 4. The fraction of sp³-hybridized carbons (Fsp3) is 0.0784. The van der Waals surface area contributed by atoms with Crippen LogP contribution in [0.25, 0.3) is 65.3 Å². The van der Waals surface area contributed by atoms with E-state index in [0.29, 0.717) is 36.2 Å². The van der Waals surface area contributed by atoms with Gasteiger partial charge in [0.25, 0.3) is 0 Å². The number of carboxylic acid groups (broad SMARTS) is 1. The van der Waals surface area contributed by atoms with Crippen LogP contribution in [0.5, 0.6) is 23.0 Å². The zero-order valence-electron chi connectivity index (χ0n) is 32.5. The smallest absolute Gasteiger partial charge is 0.341 e. The van der Waals surface area contributed by atoms with Gasteiger partial charge < -0.3 is 34.6 Å². The van der Waals surface area contributed by atoms with Crippen LogP contribution >= 0.6 is 0 Å². The van der Waals surface area contributed by atoms with Gasteiger partial charge in [-0.2, -0.15) is 0 Å². The summed E-state index contributed by atoms with van der Waals surface area (Å²) in [7, 11) is 0. The normalized spacial score (nSPS) is 10.9. The van der Waals surface area contributed by atoms with Crippen LogP contribution < -0.4 is 18.9 Å². The molecule has 0 aliphatic rings. The van der Waals surface area contributed by atoms with E-state index in [-0.39, 0.29) is 38.2 Å². The average Bonchev–Trinajstić information content (AvgIpc) is 3.27. The molecule has 9 heteroatoms. The van der Waals surface area contributed by atoms with E-state index in [1.807, 2.05) is 127 Å². The third-order valence-electron chi connectivity index (χ3n) is 10.4. The number of fused-ring (bicyclic) bond motifs is 4. The van der Waals surface area contributed by atoms with Gasteiger partial charge in [-0.25, -0.2) is 4.79 Å². The van der Waals surface area contributed by atoms with E-state index in [9.17, 15) is 15.0 Å². The minimum atomic E-state index is -1.05. The molecule has 0 aliphatic heterocycles. The number of carboxylic acids is 1. The summed E-state index contributed by atoms with van der Waals surface area (Å²) < 4.78 is 24.9. The Labute approximate surface area is 371 Å². The van der Waals surface area contributed by atoms with Crippen LogP contribution in [-0.4, -0.2) is 35.1 Å². The molecule has 4 N–H and O–H groups in total. The maximum Gasteiger partial charge on any atom is 0.341 e. The Bertz CT molecular complexity index is 2960. The van der Waals surface area contributed by atoms with Crippen molar-refractivity contribution in [3.05, 3.63) is 181 Å². The second-order valence-corrected chi connectivity index (χ2v) is 14.0. The van der Waals surface area contributed by atoms with E-state index >= 15 is 0 Å². The summed E-state index contributed by atoms with van der Waals surface area (Å²) in [6.45, 7) is -0.294. The molecule has 295 valence electrons. The summed E-state index contributed by atoms with van der Waals surface area (Å²) in [5, 5.41) is 27.4. The van der Waals surface area contributed by atoms with E-state index in [2.05, 4.69) is 42.5 Å². The molecule has 0 aromatic heterocycles. The van der Waals surface area contributed by atoms with E-state index in [4.69, 9.17) is 18.9 Å². The fourth-order valence-corrected chi connectivity index (χ4v) is 7.78. The van der Waals surface area contributed by atoms with E-state index in [1.165, 1.54) is 0 Å². The molecule has 9 rings (SSSR count). The minimum Gasteiger partial charge on any atom is -0.488 e. The number of aliphatic hydroxyl groups excluding tert-OH is 1. The van der Waals surface area contributed by atoms with Gasteiger partial charge in [-0.15, -0.1) is 0 Å². The molecule has 0 spiro atoms. The second kappa shape index (κ2) is 18.7. The molecule has 0 bridgehead atoms. The monoisotopic (exact) mass is 869 g/mol. The van der Waals surface area contributed by atoms with Gasteiger partial charge in [0.1, 0.15) is 36.2 Å². The first-order valence-corrected chi connectivity index (χ1v) is 19.0. The van der Waals surface area contributed by atoms with Gasteiger partial charge in [0, 0.05) is 55.0 Å². The van der Waals surface area contributed by atoms with Crippen LogP contribution in [0.1, 0.15) is 11.1 Å². The number of aliphatic hydroxyl groups is 1. The first kappa shape index (κ1) is 41.9. The summed E-state index contributed by atoms with van der Waals surface area (Å²) in [6.07, 6.45) is 0. The van der Waals surface area contributed by atoms with Crippen molar-refractivity contribution in [2.75, 3.05) is 13.4 Å². The zero-order chi connectivity index (χ0) is 39.4. The maximum atomic E-state index is 11.6. The molecular formula is C51H40O8Y. The van der Waals surface area contributed by atoms with Gasteiger partial charge in [0.15, 0.2) is 13.4 Å². The molecule has 9 aromatic rings. The molecule has 0 unspecified atom stereocenters. The number of carbonyl (C=O) groups is 1. The van der Waals surface area contributed by atoms with Crippen LogP contribution in [-0.2, 0) is 50.7 Å². The molecular weight excluding hydrogens is 829 g/mol. The van der Waals surface area contributed by atoms with Crippen LogP contribution in [0, 0.1) is 0 Å². The summed E-state index contributed by atoms with van der Waals surface area (Å²) in [5.74, 6) is 1.36. The van der Waals surface area contributed by atoms with Crippen molar-refractivity contribution in [2.24, 2.45) is 0 Å². The van der Waals surface area contributed by atoms with Crippen LogP contribution in [0.2, 0.25) is 0 Å². The zero-order valence-corrected chi connectivity index (χ0v) is 35.3. The summed E-state index contributed by atoms with van der Waals surface area (Å²) >= 11 is 0. The quantitative estimate of drug-likeness (QED) is 0.111. The molecule has 8 nitrogen and oxygen atoms in total. The Morgan fingerprint density at radius 3 is 1.02 bits per heavy atom. The van der Waals surface area contributed by atoms with E-state index < -0.39 is 19.4 Å². The van der Waals surface area contributed by atoms with Gasteiger partial charge in [-0.05, 0) is 78.5 Å². The number of hydrogen-bond acceptors (Lipinski definition) is 6. The van der Waals surface area contributed by atoms with Crippen molar-refractivity contribution in [3.8, 4) is 45.3 Å². The third-order valence-corrected chi connectivity index (χ3v) is 10.4. The Morgan fingerprint density at radius 1 is 0.400 bits per heavy atom. The molecule has 0 fully saturated rings. The molecule has 0 atom stereocenters. The van der Waals surface area contributed by atoms with Gasteiger partial charge in [-0.3, -0.25) is 0 Å². The largest absolute Gasteiger partial charge is 0.488 e. The predicted molar refractivity (Wildman–Crippen MR) is 233 cm³/mol. The Balaban J connectivity index is 0.00000272. The molecule has 0 saturated heterocycles. The number of hydrogen-bond donors (Lipinski definition) is 2. The summed E-state index contributed by atoms with van der Waals surface area (Å²) in [6, 6.07) is 56.4. The van der Waals surface area contributed by atoms with Gasteiger partial charge in [0.2, 0.25) is 0 Å². The number of aliphatic carboxylic acids is 1. The molecule has 9 aromatic carbocycles. The fourth-order valence-electron chi connectivity index (χ4n) is 7.78. The van der Waals surface area contributed by atoms with Gasteiger partial charge in [0.05, 0.1) is 0 Å². The number of benzene rings is 9. The minimum absolute atomic E-state index is 0. The van der Waals surface area contributed by atoms with Crippen LogP contribution in [0.4, 0.5) is 0 Å². The first-order valence-electron chi connectivity index (χ1n) is 19.0. The maximum absolute atomic E-state index is 11.6. The third kappa shape index (κ3) is 8.42. The van der Waals surface area contributed by atoms with Crippen molar-refractivity contribution in [1.82, 2.24) is 0 Å². The van der Waals surface area contributed by atoms with Crippen molar-refractivity contribution >= 4 is 49.1 Å². The molecule has 0 heterocycles. The average molecular weight is 870 g/mol. The van der Waals surface area contributed by atoms with Crippen molar-refractivity contribution in [2.45, 2.75) is 13.2 Å². The molecule has 1 radical (unpaired) electrons. The predicted octanol–water partition coefficient (Wildman–Crippen LogP) is 10.8. The Kier molecular flexibility index (Phi) is 13.1. The molecule has 0 aliphatic carbocycles. The molecule has 0 saturated carbocycles. The first-order chi connectivity index (χ1) is 28.6.